The van der Waals surface area contributed by atoms with Crippen molar-refractivity contribution in [2.75, 3.05) is 7.11 Å². The number of carbonyl (C=O) groups is 3. The summed E-state index contributed by atoms with van der Waals surface area (Å²) in [7, 11) is 1.04. The highest BCUT2D eigenvalue weighted by Crippen LogP contribution is 2.12. The van der Waals surface area contributed by atoms with E-state index < -0.39 is 29.6 Å². The van der Waals surface area contributed by atoms with E-state index in [4.69, 9.17) is 5.11 Å². The van der Waals surface area contributed by atoms with Gasteiger partial charge in [-0.2, -0.15) is 0 Å². The molecule has 1 unspecified atom stereocenters. The second kappa shape index (κ2) is 4.59. The normalized spacial score (nSPS) is 12.3. The van der Waals surface area contributed by atoms with Crippen molar-refractivity contribution in [2.45, 2.75) is 13.8 Å². The fourth-order valence-electron chi connectivity index (χ4n) is 0.928. The van der Waals surface area contributed by atoms with E-state index in [0.29, 0.717) is 0 Å². The number of ether oxygens (including phenoxy) is 1. The van der Waals surface area contributed by atoms with Crippen LogP contribution in [-0.4, -0.2) is 29.9 Å². The summed E-state index contributed by atoms with van der Waals surface area (Å²) in [6.07, 6.45) is 0. The highest BCUT2D eigenvalue weighted by molar-refractivity contribution is 6.37. The Labute approximate surface area is 75.7 Å². The minimum atomic E-state index is -1.31. The lowest BCUT2D eigenvalue weighted by Crippen LogP contribution is -2.34. The standard InChI is InChI=1S/C8H12O5/c1-4(2)5(7(10)11)6(9)8(12)13-3/h4-5H,1-3H3,(H,10,11). The number of carbonyl (C=O) groups excluding carboxylic acids is 2. The van der Waals surface area contributed by atoms with Crippen molar-refractivity contribution >= 4 is 17.7 Å². The Kier molecular flexibility index (Phi) is 4.10. The zero-order valence-corrected chi connectivity index (χ0v) is 7.73. The molecule has 0 amide bonds. The molecule has 0 radical (unpaired) electrons. The third kappa shape index (κ3) is 2.85. The van der Waals surface area contributed by atoms with Gasteiger partial charge in [-0.3, -0.25) is 9.59 Å². The average molecular weight is 188 g/mol. The van der Waals surface area contributed by atoms with Crippen LogP contribution in [0.5, 0.6) is 0 Å². The van der Waals surface area contributed by atoms with Crippen molar-refractivity contribution in [3.8, 4) is 0 Å². The zero-order valence-electron chi connectivity index (χ0n) is 7.73. The summed E-state index contributed by atoms with van der Waals surface area (Å²) in [4.78, 5) is 32.4. The molecule has 0 heterocycles. The number of ketones is 1. The van der Waals surface area contributed by atoms with Crippen LogP contribution in [0.25, 0.3) is 0 Å². The number of Topliss-reactive ketones (excluding diaryl/α,β-unsaturated/α-hetero) is 1. The van der Waals surface area contributed by atoms with Gasteiger partial charge in [-0.1, -0.05) is 13.8 Å². The molecule has 5 heteroatoms. The predicted octanol–water partition coefficient (Wildman–Crippen LogP) is 0.0853. The van der Waals surface area contributed by atoms with Gasteiger partial charge in [0.15, 0.2) is 0 Å². The molecule has 0 saturated heterocycles. The fraction of sp³-hybridized carbons (Fsp3) is 0.625. The van der Waals surface area contributed by atoms with Crippen LogP contribution in [0.15, 0.2) is 0 Å². The van der Waals surface area contributed by atoms with Gasteiger partial charge >= 0.3 is 11.9 Å². The Morgan fingerprint density at radius 2 is 1.69 bits per heavy atom. The number of carboxylic acids is 1. The maximum absolute atomic E-state index is 11.1. The quantitative estimate of drug-likeness (QED) is 0.384. The van der Waals surface area contributed by atoms with Crippen LogP contribution in [0.4, 0.5) is 0 Å². The summed E-state index contributed by atoms with van der Waals surface area (Å²) in [5, 5.41) is 8.63. The Morgan fingerprint density at radius 3 is 1.92 bits per heavy atom. The topological polar surface area (TPSA) is 80.7 Å². The molecule has 0 aromatic rings. The summed E-state index contributed by atoms with van der Waals surface area (Å²) >= 11 is 0. The van der Waals surface area contributed by atoms with E-state index in [1.807, 2.05) is 0 Å². The van der Waals surface area contributed by atoms with Crippen LogP contribution in [0.3, 0.4) is 0 Å². The molecule has 0 rings (SSSR count). The lowest BCUT2D eigenvalue weighted by Gasteiger charge is -2.12. The molecule has 1 atom stereocenters. The van der Waals surface area contributed by atoms with Crippen LogP contribution in [0, 0.1) is 11.8 Å². The minimum absolute atomic E-state index is 0.427. The second-order valence-electron chi connectivity index (χ2n) is 2.92. The van der Waals surface area contributed by atoms with Crippen molar-refractivity contribution in [1.29, 1.82) is 0 Å². The molecular formula is C8H12O5. The summed E-state index contributed by atoms with van der Waals surface area (Å²) < 4.78 is 4.14. The number of carboxylic acid groups (broad SMARTS) is 1. The predicted molar refractivity (Wildman–Crippen MR) is 43.0 cm³/mol. The van der Waals surface area contributed by atoms with Gasteiger partial charge in [-0.05, 0) is 5.92 Å². The summed E-state index contributed by atoms with van der Waals surface area (Å²) in [6, 6.07) is 0. The monoisotopic (exact) mass is 188 g/mol. The van der Waals surface area contributed by atoms with Gasteiger partial charge in [-0.15, -0.1) is 0 Å². The highest BCUT2D eigenvalue weighted by atomic mass is 16.5. The molecule has 0 saturated carbocycles. The van der Waals surface area contributed by atoms with Gasteiger partial charge in [0.1, 0.15) is 5.92 Å². The van der Waals surface area contributed by atoms with E-state index in [0.717, 1.165) is 7.11 Å². The Balaban J connectivity index is 4.66. The number of hydrogen-bond acceptors (Lipinski definition) is 4. The first-order valence-electron chi connectivity index (χ1n) is 3.76. The van der Waals surface area contributed by atoms with Crippen LogP contribution in [0.2, 0.25) is 0 Å². The van der Waals surface area contributed by atoms with Gasteiger partial charge < -0.3 is 9.84 Å². The maximum Gasteiger partial charge on any atom is 0.375 e. The van der Waals surface area contributed by atoms with Crippen molar-refractivity contribution < 1.29 is 24.2 Å². The van der Waals surface area contributed by atoms with E-state index in [1.54, 1.807) is 13.8 Å². The highest BCUT2D eigenvalue weighted by Gasteiger charge is 2.34. The first-order valence-corrected chi connectivity index (χ1v) is 3.76. The fourth-order valence-corrected chi connectivity index (χ4v) is 0.928. The SMILES string of the molecule is COC(=O)C(=O)C(C(=O)O)C(C)C. The molecule has 13 heavy (non-hydrogen) atoms. The van der Waals surface area contributed by atoms with Crippen molar-refractivity contribution in [1.82, 2.24) is 0 Å². The average Bonchev–Trinajstić information content (AvgIpc) is 2.01. The van der Waals surface area contributed by atoms with Crippen LogP contribution < -0.4 is 0 Å². The summed E-state index contributed by atoms with van der Waals surface area (Å²) in [5.74, 6) is -5.16. The molecule has 0 aromatic carbocycles. The lowest BCUT2D eigenvalue weighted by atomic mass is 9.92. The molecule has 0 aliphatic rings. The Bertz CT molecular complexity index is 231. The number of esters is 1. The molecule has 0 aromatic heterocycles. The number of aliphatic carboxylic acids is 1. The summed E-state index contributed by atoms with van der Waals surface area (Å²) in [6.45, 7) is 3.11. The van der Waals surface area contributed by atoms with E-state index in [9.17, 15) is 14.4 Å². The molecule has 0 spiro atoms. The van der Waals surface area contributed by atoms with Gasteiger partial charge in [0.05, 0.1) is 7.11 Å². The molecule has 0 bridgehead atoms. The van der Waals surface area contributed by atoms with Crippen LogP contribution >= 0.6 is 0 Å². The number of hydrogen-bond donors (Lipinski definition) is 1. The minimum Gasteiger partial charge on any atom is -0.481 e. The molecule has 74 valence electrons. The van der Waals surface area contributed by atoms with E-state index in [-0.39, 0.29) is 0 Å². The largest absolute Gasteiger partial charge is 0.481 e. The van der Waals surface area contributed by atoms with Crippen LogP contribution in [-0.2, 0) is 19.1 Å². The first kappa shape index (κ1) is 11.6. The zero-order chi connectivity index (χ0) is 10.6. The third-order valence-corrected chi connectivity index (χ3v) is 1.60. The Hall–Kier alpha value is -1.39. The summed E-state index contributed by atoms with van der Waals surface area (Å²) in [5.41, 5.74) is 0. The second-order valence-corrected chi connectivity index (χ2v) is 2.92. The molecule has 0 fully saturated rings. The van der Waals surface area contributed by atoms with E-state index >= 15 is 0 Å². The molecule has 0 aliphatic carbocycles. The maximum atomic E-state index is 11.1. The molecule has 0 aliphatic heterocycles. The van der Waals surface area contributed by atoms with Crippen molar-refractivity contribution in [3.63, 3.8) is 0 Å². The van der Waals surface area contributed by atoms with E-state index in [1.165, 1.54) is 0 Å². The lowest BCUT2D eigenvalue weighted by molar-refractivity contribution is -0.160. The first-order chi connectivity index (χ1) is 5.91. The molecular weight excluding hydrogens is 176 g/mol. The smallest absolute Gasteiger partial charge is 0.375 e. The van der Waals surface area contributed by atoms with Gasteiger partial charge in [0.25, 0.3) is 5.78 Å². The number of methoxy groups -OCH3 is 1. The van der Waals surface area contributed by atoms with Crippen molar-refractivity contribution in [3.05, 3.63) is 0 Å². The number of rotatable bonds is 4. The van der Waals surface area contributed by atoms with E-state index in [2.05, 4.69) is 4.74 Å². The Morgan fingerprint density at radius 1 is 1.23 bits per heavy atom. The van der Waals surface area contributed by atoms with Gasteiger partial charge in [0, 0.05) is 0 Å². The third-order valence-electron chi connectivity index (χ3n) is 1.60. The van der Waals surface area contributed by atoms with Gasteiger partial charge in [0.2, 0.25) is 0 Å². The molecule has 1 N–H and O–H groups in total. The van der Waals surface area contributed by atoms with Crippen LogP contribution in [0.1, 0.15) is 13.8 Å². The van der Waals surface area contributed by atoms with Crippen molar-refractivity contribution in [2.24, 2.45) is 11.8 Å². The van der Waals surface area contributed by atoms with Gasteiger partial charge in [-0.25, -0.2) is 4.79 Å². The molecule has 5 nitrogen and oxygen atoms in total.